The van der Waals surface area contributed by atoms with Crippen LogP contribution in [0.15, 0.2) is 24.3 Å². The maximum Gasteiger partial charge on any atom is 0.407 e. The molecule has 0 radical (unpaired) electrons. The van der Waals surface area contributed by atoms with Crippen LogP contribution in [0.2, 0.25) is 0 Å². The third-order valence-electron chi connectivity index (χ3n) is 2.72. The van der Waals surface area contributed by atoms with Gasteiger partial charge in [-0.1, -0.05) is 12.1 Å². The van der Waals surface area contributed by atoms with E-state index < -0.39 is 17.7 Å². The fourth-order valence-corrected chi connectivity index (χ4v) is 1.65. The van der Waals surface area contributed by atoms with Crippen molar-refractivity contribution < 1.29 is 14.3 Å². The fraction of sp³-hybridized carbons (Fsp3) is 0.462. The number of rotatable bonds is 3. The lowest BCUT2D eigenvalue weighted by Crippen LogP contribution is -2.48. The highest BCUT2D eigenvalue weighted by molar-refractivity contribution is 5.66. The molecular weight excluding hydrogens is 235 g/mol. The maximum atomic E-state index is 12.8. The lowest BCUT2D eigenvalue weighted by atomic mass is 10.0. The van der Waals surface area contributed by atoms with Gasteiger partial charge in [0.25, 0.3) is 0 Å². The number of carboxylic acid groups (broad SMARTS) is 1. The first-order valence-corrected chi connectivity index (χ1v) is 5.73. The Kier molecular flexibility index (Phi) is 4.29. The second kappa shape index (κ2) is 5.35. The standard InChI is InChI=1S/C13H19FN2O2/c1-13(2,3)16(12(17)18)8-11(15)9-4-6-10(14)7-5-9/h4-7,11H,8,15H2,1-3H3,(H,17,18). The van der Waals surface area contributed by atoms with Crippen LogP contribution >= 0.6 is 0 Å². The molecule has 0 fully saturated rings. The van der Waals surface area contributed by atoms with Crippen LogP contribution in [0.5, 0.6) is 0 Å². The molecule has 1 aromatic rings. The molecule has 5 heteroatoms. The Morgan fingerprint density at radius 2 is 1.89 bits per heavy atom. The molecule has 1 amide bonds. The molecule has 1 rings (SSSR count). The maximum absolute atomic E-state index is 12.8. The summed E-state index contributed by atoms with van der Waals surface area (Å²) >= 11 is 0. The molecule has 0 heterocycles. The quantitative estimate of drug-likeness (QED) is 0.871. The Bertz CT molecular complexity index is 412. The zero-order chi connectivity index (χ0) is 13.9. The van der Waals surface area contributed by atoms with E-state index in [-0.39, 0.29) is 12.4 Å². The summed E-state index contributed by atoms with van der Waals surface area (Å²) < 4.78 is 12.8. The van der Waals surface area contributed by atoms with Crippen molar-refractivity contribution in [1.29, 1.82) is 0 Å². The van der Waals surface area contributed by atoms with Crippen molar-refractivity contribution in [3.63, 3.8) is 0 Å². The van der Waals surface area contributed by atoms with E-state index in [1.807, 2.05) is 0 Å². The topological polar surface area (TPSA) is 66.6 Å². The molecule has 100 valence electrons. The smallest absolute Gasteiger partial charge is 0.407 e. The molecule has 0 aliphatic heterocycles. The van der Waals surface area contributed by atoms with Gasteiger partial charge in [0.1, 0.15) is 5.82 Å². The van der Waals surface area contributed by atoms with Crippen molar-refractivity contribution in [2.75, 3.05) is 6.54 Å². The van der Waals surface area contributed by atoms with Gasteiger partial charge >= 0.3 is 6.09 Å². The molecule has 0 saturated heterocycles. The lowest BCUT2D eigenvalue weighted by molar-refractivity contribution is 0.0960. The van der Waals surface area contributed by atoms with Gasteiger partial charge in [0.2, 0.25) is 0 Å². The van der Waals surface area contributed by atoms with Crippen LogP contribution in [0.1, 0.15) is 32.4 Å². The highest BCUT2D eigenvalue weighted by Gasteiger charge is 2.27. The first kappa shape index (κ1) is 14.4. The van der Waals surface area contributed by atoms with E-state index in [9.17, 15) is 9.18 Å². The highest BCUT2D eigenvalue weighted by atomic mass is 19.1. The minimum atomic E-state index is -1.01. The van der Waals surface area contributed by atoms with Gasteiger partial charge in [0.15, 0.2) is 0 Å². The number of halogens is 1. The number of nitrogens with zero attached hydrogens (tertiary/aromatic N) is 1. The largest absolute Gasteiger partial charge is 0.465 e. The number of amides is 1. The van der Waals surface area contributed by atoms with Crippen LogP contribution in [0.3, 0.4) is 0 Å². The number of hydrogen-bond donors (Lipinski definition) is 2. The van der Waals surface area contributed by atoms with Crippen molar-refractivity contribution in [2.24, 2.45) is 5.73 Å². The van der Waals surface area contributed by atoms with E-state index in [1.54, 1.807) is 32.9 Å². The summed E-state index contributed by atoms with van der Waals surface area (Å²) in [6.07, 6.45) is -1.01. The van der Waals surface area contributed by atoms with Crippen molar-refractivity contribution in [3.05, 3.63) is 35.6 Å². The lowest BCUT2D eigenvalue weighted by Gasteiger charge is -2.35. The molecule has 18 heavy (non-hydrogen) atoms. The van der Waals surface area contributed by atoms with Gasteiger partial charge in [0, 0.05) is 18.1 Å². The van der Waals surface area contributed by atoms with E-state index >= 15 is 0 Å². The number of nitrogens with two attached hydrogens (primary N) is 1. The zero-order valence-corrected chi connectivity index (χ0v) is 10.9. The van der Waals surface area contributed by atoms with Crippen LogP contribution in [-0.2, 0) is 0 Å². The van der Waals surface area contributed by atoms with E-state index in [0.717, 1.165) is 0 Å². The minimum absolute atomic E-state index is 0.171. The third kappa shape index (κ3) is 3.70. The van der Waals surface area contributed by atoms with Crippen LogP contribution in [0.4, 0.5) is 9.18 Å². The van der Waals surface area contributed by atoms with E-state index in [2.05, 4.69) is 0 Å². The summed E-state index contributed by atoms with van der Waals surface area (Å²) in [4.78, 5) is 12.5. The SMILES string of the molecule is CC(C)(C)N(CC(N)c1ccc(F)cc1)C(=O)O. The van der Waals surface area contributed by atoms with Crippen LogP contribution < -0.4 is 5.73 Å². The molecule has 0 saturated carbocycles. The molecule has 0 aliphatic carbocycles. The van der Waals surface area contributed by atoms with Gasteiger partial charge in [-0.05, 0) is 38.5 Å². The van der Waals surface area contributed by atoms with Crippen LogP contribution in [-0.4, -0.2) is 28.2 Å². The van der Waals surface area contributed by atoms with E-state index in [4.69, 9.17) is 10.8 Å². The van der Waals surface area contributed by atoms with Crippen molar-refractivity contribution >= 4 is 6.09 Å². The number of hydrogen-bond acceptors (Lipinski definition) is 2. The summed E-state index contributed by atoms with van der Waals surface area (Å²) in [7, 11) is 0. The van der Waals surface area contributed by atoms with Gasteiger partial charge in [-0.2, -0.15) is 0 Å². The number of benzene rings is 1. The second-order valence-electron chi connectivity index (χ2n) is 5.22. The Morgan fingerprint density at radius 1 is 1.39 bits per heavy atom. The molecule has 0 spiro atoms. The molecule has 1 unspecified atom stereocenters. The minimum Gasteiger partial charge on any atom is -0.465 e. The average Bonchev–Trinajstić information content (AvgIpc) is 2.24. The first-order chi connectivity index (χ1) is 8.21. The molecule has 0 aliphatic rings. The summed E-state index contributed by atoms with van der Waals surface area (Å²) in [5.74, 6) is -0.336. The zero-order valence-electron chi connectivity index (χ0n) is 10.9. The van der Waals surface area contributed by atoms with E-state index in [1.165, 1.54) is 17.0 Å². The van der Waals surface area contributed by atoms with Crippen molar-refractivity contribution in [3.8, 4) is 0 Å². The second-order valence-corrected chi connectivity index (χ2v) is 5.22. The van der Waals surface area contributed by atoms with E-state index in [0.29, 0.717) is 5.56 Å². The van der Waals surface area contributed by atoms with Gasteiger partial charge in [-0.25, -0.2) is 9.18 Å². The summed E-state index contributed by atoms with van der Waals surface area (Å²) in [5.41, 5.74) is 6.14. The first-order valence-electron chi connectivity index (χ1n) is 5.73. The third-order valence-corrected chi connectivity index (χ3v) is 2.72. The van der Waals surface area contributed by atoms with Crippen LogP contribution in [0.25, 0.3) is 0 Å². The number of carbonyl (C=O) groups is 1. The van der Waals surface area contributed by atoms with Crippen LogP contribution in [0, 0.1) is 5.82 Å². The van der Waals surface area contributed by atoms with Crippen molar-refractivity contribution in [2.45, 2.75) is 32.4 Å². The molecule has 3 N–H and O–H groups in total. The van der Waals surface area contributed by atoms with Gasteiger partial charge in [0.05, 0.1) is 0 Å². The Balaban J connectivity index is 2.82. The molecule has 4 nitrogen and oxygen atoms in total. The summed E-state index contributed by atoms with van der Waals surface area (Å²) in [6.45, 7) is 5.58. The molecule has 1 aromatic carbocycles. The van der Waals surface area contributed by atoms with Gasteiger partial charge < -0.3 is 15.7 Å². The van der Waals surface area contributed by atoms with Crippen molar-refractivity contribution in [1.82, 2.24) is 4.90 Å². The summed E-state index contributed by atoms with van der Waals surface area (Å²) in [5, 5.41) is 9.16. The normalized spacial score (nSPS) is 13.2. The predicted octanol–water partition coefficient (Wildman–Crippen LogP) is 2.60. The predicted molar refractivity (Wildman–Crippen MR) is 67.8 cm³/mol. The monoisotopic (exact) mass is 254 g/mol. The Labute approximate surface area is 106 Å². The Morgan fingerprint density at radius 3 is 2.28 bits per heavy atom. The average molecular weight is 254 g/mol. The van der Waals surface area contributed by atoms with Gasteiger partial charge in [-0.15, -0.1) is 0 Å². The summed E-state index contributed by atoms with van der Waals surface area (Å²) in [6, 6.07) is 5.31. The van der Waals surface area contributed by atoms with Gasteiger partial charge in [-0.3, -0.25) is 0 Å². The molecule has 0 aromatic heterocycles. The molecule has 1 atom stereocenters. The molecular formula is C13H19FN2O2. The fourth-order valence-electron chi connectivity index (χ4n) is 1.65. The molecule has 0 bridgehead atoms. The highest BCUT2D eigenvalue weighted by Crippen LogP contribution is 2.19. The Hall–Kier alpha value is -1.62.